The second kappa shape index (κ2) is 9.77. The minimum absolute atomic E-state index is 0.0897. The van der Waals surface area contributed by atoms with Gasteiger partial charge in [0, 0.05) is 24.3 Å². The molecule has 1 aliphatic rings. The fourth-order valence-corrected chi connectivity index (χ4v) is 3.97. The highest BCUT2D eigenvalue weighted by Crippen LogP contribution is 2.33. The van der Waals surface area contributed by atoms with Crippen molar-refractivity contribution in [1.82, 2.24) is 0 Å². The van der Waals surface area contributed by atoms with Crippen molar-refractivity contribution in [2.75, 3.05) is 23.4 Å². The summed E-state index contributed by atoms with van der Waals surface area (Å²) in [7, 11) is 0. The molecule has 2 aromatic rings. The lowest BCUT2D eigenvalue weighted by molar-refractivity contribution is -0.151. The lowest BCUT2D eigenvalue weighted by Gasteiger charge is -2.23. The molecule has 1 aliphatic heterocycles. The largest absolute Gasteiger partial charge is 0.455 e. The molecule has 0 radical (unpaired) electrons. The van der Waals surface area contributed by atoms with Crippen molar-refractivity contribution in [2.45, 2.75) is 46.5 Å². The molecule has 2 amide bonds. The molecule has 6 heteroatoms. The molecule has 1 heterocycles. The predicted octanol–water partition coefficient (Wildman–Crippen LogP) is 4.35. The summed E-state index contributed by atoms with van der Waals surface area (Å²) in [6, 6.07) is 13.5. The third-order valence-electron chi connectivity index (χ3n) is 5.68. The minimum atomic E-state index is -0.577. The topological polar surface area (TPSA) is 75.7 Å². The van der Waals surface area contributed by atoms with Crippen LogP contribution in [0.15, 0.2) is 42.5 Å². The number of rotatable bonds is 7. The molecular weight excluding hydrogens is 392 g/mol. The van der Waals surface area contributed by atoms with Gasteiger partial charge in [-0.1, -0.05) is 38.1 Å². The maximum atomic E-state index is 12.6. The fourth-order valence-electron chi connectivity index (χ4n) is 3.97. The number of ether oxygens (including phenoxy) is 1. The number of nitrogens with one attached hydrogen (secondary N) is 1. The summed E-state index contributed by atoms with van der Waals surface area (Å²) in [5.74, 6) is -1.29. The molecule has 31 heavy (non-hydrogen) atoms. The van der Waals surface area contributed by atoms with Crippen molar-refractivity contribution in [3.05, 3.63) is 59.2 Å². The molecule has 164 valence electrons. The number of anilines is 2. The van der Waals surface area contributed by atoms with E-state index in [1.807, 2.05) is 56.3 Å². The van der Waals surface area contributed by atoms with Crippen molar-refractivity contribution in [3.63, 3.8) is 0 Å². The zero-order valence-corrected chi connectivity index (χ0v) is 18.6. The molecular formula is C25H30N2O4. The van der Waals surface area contributed by atoms with Crippen LogP contribution in [0.3, 0.4) is 0 Å². The van der Waals surface area contributed by atoms with Crippen LogP contribution < -0.4 is 10.2 Å². The number of aryl methyl sites for hydroxylation is 2. The lowest BCUT2D eigenvalue weighted by Crippen LogP contribution is -2.29. The average Bonchev–Trinajstić information content (AvgIpc) is 3.12. The van der Waals surface area contributed by atoms with E-state index in [1.165, 1.54) is 0 Å². The van der Waals surface area contributed by atoms with Crippen LogP contribution in [-0.2, 0) is 19.1 Å². The summed E-state index contributed by atoms with van der Waals surface area (Å²) in [4.78, 5) is 39.0. The van der Waals surface area contributed by atoms with Crippen molar-refractivity contribution in [3.8, 4) is 0 Å². The maximum absolute atomic E-state index is 12.6. The molecule has 3 rings (SSSR count). The number of benzene rings is 2. The van der Waals surface area contributed by atoms with Gasteiger partial charge in [-0.2, -0.15) is 0 Å². The van der Waals surface area contributed by atoms with Crippen LogP contribution in [0.1, 0.15) is 49.3 Å². The van der Waals surface area contributed by atoms with Gasteiger partial charge in [0.05, 0.1) is 5.92 Å². The quantitative estimate of drug-likeness (QED) is 0.673. The van der Waals surface area contributed by atoms with Gasteiger partial charge in [0.25, 0.3) is 5.91 Å². The standard InChI is InChI=1S/C25H30N2O4/c1-5-18(4)21-8-6-7-9-22(21)27-14-19(13-24(27)29)25(30)31-15-23(28)26-20-11-16(2)10-17(3)12-20/h6-12,18-19H,5,13-15H2,1-4H3,(H,26,28)/t18-,19-/m1/s1. The molecule has 2 atom stereocenters. The van der Waals surface area contributed by atoms with Crippen molar-refractivity contribution in [2.24, 2.45) is 5.92 Å². The zero-order valence-electron chi connectivity index (χ0n) is 18.6. The molecule has 0 bridgehead atoms. The Labute approximate surface area is 183 Å². The Morgan fingerprint density at radius 3 is 2.52 bits per heavy atom. The van der Waals surface area contributed by atoms with Crippen LogP contribution in [0.5, 0.6) is 0 Å². The maximum Gasteiger partial charge on any atom is 0.311 e. The van der Waals surface area contributed by atoms with Crippen LogP contribution in [0.4, 0.5) is 11.4 Å². The SMILES string of the molecule is CC[C@@H](C)c1ccccc1N1C[C@H](C(=O)OCC(=O)Nc2cc(C)cc(C)c2)CC1=O. The second-order valence-corrected chi connectivity index (χ2v) is 8.31. The molecule has 6 nitrogen and oxygen atoms in total. The normalized spacial score (nSPS) is 16.8. The summed E-state index contributed by atoms with van der Waals surface area (Å²) < 4.78 is 5.22. The highest BCUT2D eigenvalue weighted by molar-refractivity contribution is 6.00. The van der Waals surface area contributed by atoms with Crippen LogP contribution >= 0.6 is 0 Å². The van der Waals surface area contributed by atoms with Gasteiger partial charge in [0.15, 0.2) is 6.61 Å². The lowest BCUT2D eigenvalue weighted by atomic mass is 9.96. The number of esters is 1. The summed E-state index contributed by atoms with van der Waals surface area (Å²) in [5.41, 5.74) is 4.69. The smallest absolute Gasteiger partial charge is 0.311 e. The number of amides is 2. The molecule has 1 saturated heterocycles. The highest BCUT2D eigenvalue weighted by atomic mass is 16.5. The van der Waals surface area contributed by atoms with Crippen molar-refractivity contribution < 1.29 is 19.1 Å². The molecule has 2 aromatic carbocycles. The summed E-state index contributed by atoms with van der Waals surface area (Å²) >= 11 is 0. The molecule has 1 fully saturated rings. The van der Waals surface area contributed by atoms with E-state index >= 15 is 0 Å². The van der Waals surface area contributed by atoms with Gasteiger partial charge in [-0.3, -0.25) is 14.4 Å². The highest BCUT2D eigenvalue weighted by Gasteiger charge is 2.37. The summed E-state index contributed by atoms with van der Waals surface area (Å²) in [5, 5.41) is 2.75. The van der Waals surface area contributed by atoms with E-state index in [2.05, 4.69) is 19.2 Å². The predicted molar refractivity (Wildman–Crippen MR) is 121 cm³/mol. The van der Waals surface area contributed by atoms with E-state index in [0.717, 1.165) is 28.8 Å². The van der Waals surface area contributed by atoms with E-state index < -0.39 is 17.8 Å². The first-order valence-corrected chi connectivity index (χ1v) is 10.7. The Bertz CT molecular complexity index is 965. The van der Waals surface area contributed by atoms with Gasteiger partial charge in [-0.15, -0.1) is 0 Å². The van der Waals surface area contributed by atoms with Crippen LogP contribution in [-0.4, -0.2) is 30.9 Å². The number of nitrogens with zero attached hydrogens (tertiary/aromatic N) is 1. The molecule has 0 unspecified atom stereocenters. The zero-order chi connectivity index (χ0) is 22.5. The first-order valence-electron chi connectivity index (χ1n) is 10.7. The average molecular weight is 423 g/mol. The van der Waals surface area contributed by atoms with Gasteiger partial charge in [0.1, 0.15) is 0 Å². The van der Waals surface area contributed by atoms with E-state index in [1.54, 1.807) is 4.90 Å². The van der Waals surface area contributed by atoms with Crippen LogP contribution in [0, 0.1) is 19.8 Å². The first kappa shape index (κ1) is 22.5. The van der Waals surface area contributed by atoms with E-state index in [0.29, 0.717) is 11.6 Å². The third kappa shape index (κ3) is 5.51. The fraction of sp³-hybridized carbons (Fsp3) is 0.400. The van der Waals surface area contributed by atoms with Gasteiger partial charge in [-0.05, 0) is 61.1 Å². The Kier molecular flexibility index (Phi) is 7.10. The van der Waals surface area contributed by atoms with Crippen molar-refractivity contribution >= 4 is 29.2 Å². The van der Waals surface area contributed by atoms with E-state index in [9.17, 15) is 14.4 Å². The van der Waals surface area contributed by atoms with Gasteiger partial charge in [-0.25, -0.2) is 0 Å². The number of hydrogen-bond acceptors (Lipinski definition) is 4. The number of hydrogen-bond donors (Lipinski definition) is 1. The van der Waals surface area contributed by atoms with Gasteiger partial charge >= 0.3 is 5.97 Å². The first-order chi connectivity index (χ1) is 14.8. The van der Waals surface area contributed by atoms with Crippen LogP contribution in [0.2, 0.25) is 0 Å². The van der Waals surface area contributed by atoms with Crippen molar-refractivity contribution in [1.29, 1.82) is 0 Å². The number of para-hydroxylation sites is 1. The Morgan fingerprint density at radius 2 is 1.84 bits per heavy atom. The molecule has 0 saturated carbocycles. The summed E-state index contributed by atoms with van der Waals surface area (Å²) in [6.07, 6.45) is 1.05. The minimum Gasteiger partial charge on any atom is -0.455 e. The number of carbonyl (C=O) groups is 3. The molecule has 0 aromatic heterocycles. The second-order valence-electron chi connectivity index (χ2n) is 8.31. The van der Waals surface area contributed by atoms with E-state index in [4.69, 9.17) is 4.74 Å². The number of carbonyl (C=O) groups excluding carboxylic acids is 3. The Hall–Kier alpha value is -3.15. The van der Waals surface area contributed by atoms with Crippen LogP contribution in [0.25, 0.3) is 0 Å². The molecule has 0 aliphatic carbocycles. The Balaban J connectivity index is 1.59. The third-order valence-corrected chi connectivity index (χ3v) is 5.68. The van der Waals surface area contributed by atoms with E-state index in [-0.39, 0.29) is 25.5 Å². The molecule has 1 N–H and O–H groups in total. The Morgan fingerprint density at radius 1 is 1.16 bits per heavy atom. The monoisotopic (exact) mass is 422 g/mol. The van der Waals surface area contributed by atoms with Gasteiger partial charge < -0.3 is 15.0 Å². The molecule has 0 spiro atoms. The summed E-state index contributed by atoms with van der Waals surface area (Å²) in [6.45, 7) is 8.02. The van der Waals surface area contributed by atoms with Gasteiger partial charge in [0.2, 0.25) is 5.91 Å².